The summed E-state index contributed by atoms with van der Waals surface area (Å²) in [5.74, 6) is 0. The molecule has 0 saturated heterocycles. The Morgan fingerprint density at radius 3 is 2.62 bits per heavy atom. The van der Waals surface area contributed by atoms with Gasteiger partial charge in [0.1, 0.15) is 0 Å². The highest BCUT2D eigenvalue weighted by molar-refractivity contribution is 6.30. The van der Waals surface area contributed by atoms with Crippen molar-refractivity contribution in [3.63, 3.8) is 0 Å². The van der Waals surface area contributed by atoms with Crippen LogP contribution in [0.2, 0.25) is 5.02 Å². The van der Waals surface area contributed by atoms with Crippen molar-refractivity contribution in [2.75, 3.05) is 6.54 Å². The zero-order valence-electron chi connectivity index (χ0n) is 8.18. The van der Waals surface area contributed by atoms with Crippen LogP contribution in [0.1, 0.15) is 25.8 Å². The molecule has 0 spiro atoms. The Morgan fingerprint density at radius 1 is 1.38 bits per heavy atom. The summed E-state index contributed by atoms with van der Waals surface area (Å²) in [5, 5.41) is 0.794. The molecule has 1 aromatic carbocycles. The zero-order chi connectivity index (χ0) is 9.90. The largest absolute Gasteiger partial charge is 0.330 e. The van der Waals surface area contributed by atoms with E-state index in [1.807, 2.05) is 18.2 Å². The van der Waals surface area contributed by atoms with Gasteiger partial charge in [-0.05, 0) is 36.1 Å². The van der Waals surface area contributed by atoms with Gasteiger partial charge in [0, 0.05) is 5.02 Å². The van der Waals surface area contributed by atoms with E-state index < -0.39 is 0 Å². The molecule has 0 saturated carbocycles. The van der Waals surface area contributed by atoms with Gasteiger partial charge in [-0.25, -0.2) is 0 Å². The molecule has 1 nitrogen and oxygen atoms in total. The topological polar surface area (TPSA) is 26.0 Å². The molecule has 13 heavy (non-hydrogen) atoms. The summed E-state index contributed by atoms with van der Waals surface area (Å²) in [6.45, 7) is 5.08. The lowest BCUT2D eigenvalue weighted by molar-refractivity contribution is 0.488. The van der Waals surface area contributed by atoms with Crippen molar-refractivity contribution in [1.29, 1.82) is 0 Å². The van der Waals surface area contributed by atoms with Crippen molar-refractivity contribution in [1.82, 2.24) is 0 Å². The van der Waals surface area contributed by atoms with Crippen LogP contribution in [0.15, 0.2) is 24.3 Å². The summed E-state index contributed by atoms with van der Waals surface area (Å²) in [5.41, 5.74) is 6.94. The van der Waals surface area contributed by atoms with Crippen LogP contribution in [0.3, 0.4) is 0 Å². The van der Waals surface area contributed by atoms with E-state index in [4.69, 9.17) is 17.3 Å². The van der Waals surface area contributed by atoms with Crippen LogP contribution >= 0.6 is 11.6 Å². The number of hydrogen-bond acceptors (Lipinski definition) is 1. The highest BCUT2D eigenvalue weighted by Crippen LogP contribution is 2.27. The van der Waals surface area contributed by atoms with Crippen molar-refractivity contribution in [2.45, 2.75) is 25.7 Å². The number of benzene rings is 1. The minimum Gasteiger partial charge on any atom is -0.330 e. The van der Waals surface area contributed by atoms with Gasteiger partial charge in [-0.15, -0.1) is 0 Å². The highest BCUT2D eigenvalue weighted by atomic mass is 35.5. The van der Waals surface area contributed by atoms with Crippen LogP contribution in [0.5, 0.6) is 0 Å². The predicted molar refractivity (Wildman–Crippen MR) is 58.1 cm³/mol. The van der Waals surface area contributed by atoms with E-state index in [2.05, 4.69) is 19.9 Å². The normalized spacial score (nSPS) is 11.7. The smallest absolute Gasteiger partial charge is 0.0408 e. The summed E-state index contributed by atoms with van der Waals surface area (Å²) in [4.78, 5) is 0. The monoisotopic (exact) mass is 197 g/mol. The lowest BCUT2D eigenvalue weighted by Gasteiger charge is -2.24. The third-order valence-corrected chi connectivity index (χ3v) is 2.61. The molecule has 0 fully saturated rings. The van der Waals surface area contributed by atoms with Crippen molar-refractivity contribution in [2.24, 2.45) is 5.73 Å². The van der Waals surface area contributed by atoms with Gasteiger partial charge in [0.2, 0.25) is 0 Å². The average molecular weight is 198 g/mol. The standard InChI is InChI=1S/C11H16ClN/c1-11(2,6-7-13)9-4-3-5-10(12)8-9/h3-5,8H,6-7,13H2,1-2H3. The van der Waals surface area contributed by atoms with Crippen molar-refractivity contribution >= 4 is 11.6 Å². The maximum atomic E-state index is 5.92. The molecule has 0 unspecified atom stereocenters. The maximum absolute atomic E-state index is 5.92. The van der Waals surface area contributed by atoms with E-state index in [1.165, 1.54) is 5.56 Å². The summed E-state index contributed by atoms with van der Waals surface area (Å²) in [7, 11) is 0. The molecule has 0 aliphatic carbocycles. The fourth-order valence-electron chi connectivity index (χ4n) is 1.41. The van der Waals surface area contributed by atoms with Crippen molar-refractivity contribution < 1.29 is 0 Å². The molecule has 0 amide bonds. The van der Waals surface area contributed by atoms with Gasteiger partial charge in [-0.3, -0.25) is 0 Å². The summed E-state index contributed by atoms with van der Waals surface area (Å²) in [6, 6.07) is 7.98. The van der Waals surface area contributed by atoms with E-state index in [9.17, 15) is 0 Å². The Morgan fingerprint density at radius 2 is 2.08 bits per heavy atom. The summed E-state index contributed by atoms with van der Waals surface area (Å²) >= 11 is 5.92. The fraction of sp³-hybridized carbons (Fsp3) is 0.455. The van der Waals surface area contributed by atoms with Crippen molar-refractivity contribution in [3.05, 3.63) is 34.9 Å². The molecular weight excluding hydrogens is 182 g/mol. The lowest BCUT2D eigenvalue weighted by atomic mass is 9.82. The molecule has 1 rings (SSSR count). The molecule has 0 heterocycles. The Bertz CT molecular complexity index is 281. The molecule has 2 heteroatoms. The van der Waals surface area contributed by atoms with Gasteiger partial charge in [0.15, 0.2) is 0 Å². The number of rotatable bonds is 3. The Hall–Kier alpha value is -0.530. The molecule has 0 aliphatic heterocycles. The first-order valence-corrected chi connectivity index (χ1v) is 4.90. The third-order valence-electron chi connectivity index (χ3n) is 2.38. The fourth-order valence-corrected chi connectivity index (χ4v) is 1.60. The average Bonchev–Trinajstić information content (AvgIpc) is 2.04. The maximum Gasteiger partial charge on any atom is 0.0408 e. The second-order valence-corrected chi connectivity index (χ2v) is 4.37. The predicted octanol–water partition coefficient (Wildman–Crippen LogP) is 2.97. The number of hydrogen-bond donors (Lipinski definition) is 1. The molecule has 72 valence electrons. The molecule has 1 aromatic rings. The van der Waals surface area contributed by atoms with Gasteiger partial charge in [0.05, 0.1) is 0 Å². The SMILES string of the molecule is CC(C)(CCN)c1cccc(Cl)c1. The van der Waals surface area contributed by atoms with Gasteiger partial charge in [-0.1, -0.05) is 37.6 Å². The molecular formula is C11H16ClN. The highest BCUT2D eigenvalue weighted by Gasteiger charge is 2.19. The van der Waals surface area contributed by atoms with Crippen LogP contribution in [0.25, 0.3) is 0 Å². The van der Waals surface area contributed by atoms with E-state index in [1.54, 1.807) is 0 Å². The van der Waals surface area contributed by atoms with Crippen LogP contribution in [0.4, 0.5) is 0 Å². The van der Waals surface area contributed by atoms with Crippen LogP contribution in [0, 0.1) is 0 Å². The molecule has 0 atom stereocenters. The van der Waals surface area contributed by atoms with Crippen molar-refractivity contribution in [3.8, 4) is 0 Å². The molecule has 0 bridgehead atoms. The molecule has 0 aromatic heterocycles. The van der Waals surface area contributed by atoms with E-state index in [0.29, 0.717) is 6.54 Å². The summed E-state index contributed by atoms with van der Waals surface area (Å²) < 4.78 is 0. The first kappa shape index (κ1) is 10.6. The lowest BCUT2D eigenvalue weighted by Crippen LogP contribution is -2.21. The van der Waals surface area contributed by atoms with Gasteiger partial charge in [-0.2, -0.15) is 0 Å². The minimum atomic E-state index is 0.125. The second kappa shape index (κ2) is 4.12. The van der Waals surface area contributed by atoms with E-state index in [-0.39, 0.29) is 5.41 Å². The molecule has 0 radical (unpaired) electrons. The Labute approximate surface area is 84.9 Å². The van der Waals surface area contributed by atoms with Crippen LogP contribution < -0.4 is 5.73 Å². The van der Waals surface area contributed by atoms with E-state index >= 15 is 0 Å². The van der Waals surface area contributed by atoms with Crippen LogP contribution in [-0.4, -0.2) is 6.54 Å². The van der Waals surface area contributed by atoms with Gasteiger partial charge >= 0.3 is 0 Å². The minimum absolute atomic E-state index is 0.125. The molecule has 0 aliphatic rings. The number of nitrogens with two attached hydrogens (primary N) is 1. The summed E-state index contributed by atoms with van der Waals surface area (Å²) in [6.07, 6.45) is 0.980. The Balaban J connectivity index is 2.93. The van der Waals surface area contributed by atoms with Crippen LogP contribution in [-0.2, 0) is 5.41 Å². The zero-order valence-corrected chi connectivity index (χ0v) is 8.93. The first-order valence-electron chi connectivity index (χ1n) is 4.52. The quantitative estimate of drug-likeness (QED) is 0.792. The van der Waals surface area contributed by atoms with Gasteiger partial charge < -0.3 is 5.73 Å². The molecule has 2 N–H and O–H groups in total. The second-order valence-electron chi connectivity index (χ2n) is 3.93. The van der Waals surface area contributed by atoms with Gasteiger partial charge in [0.25, 0.3) is 0 Å². The Kier molecular flexibility index (Phi) is 3.34. The first-order chi connectivity index (χ1) is 6.06. The van der Waals surface area contributed by atoms with E-state index in [0.717, 1.165) is 11.4 Å². The number of halogens is 1. The third kappa shape index (κ3) is 2.71.